The number of nitrogens with one attached hydrogen (secondary N) is 2. The number of amides is 1. The second-order valence-electron chi connectivity index (χ2n) is 3.71. The van der Waals surface area contributed by atoms with Gasteiger partial charge in [0.1, 0.15) is 5.52 Å². The molecule has 0 fully saturated rings. The first-order valence-electron chi connectivity index (χ1n) is 5.55. The van der Waals surface area contributed by atoms with Crippen LogP contribution in [0.25, 0.3) is 11.1 Å². The molecule has 0 radical (unpaired) electrons. The molecule has 2 rings (SSSR count). The number of hydrogen-bond donors (Lipinski definition) is 2. The van der Waals surface area contributed by atoms with Gasteiger partial charge in [0.25, 0.3) is 0 Å². The van der Waals surface area contributed by atoms with Gasteiger partial charge in [0.05, 0.1) is 6.54 Å². The molecule has 0 aliphatic heterocycles. The van der Waals surface area contributed by atoms with Gasteiger partial charge >= 0.3 is 0 Å². The zero-order chi connectivity index (χ0) is 12.1. The fourth-order valence-corrected chi connectivity index (χ4v) is 1.56. The van der Waals surface area contributed by atoms with Crippen molar-refractivity contribution in [2.24, 2.45) is 0 Å². The van der Waals surface area contributed by atoms with Gasteiger partial charge in [-0.25, -0.2) is 4.98 Å². The first kappa shape index (κ1) is 11.6. The van der Waals surface area contributed by atoms with E-state index in [1.54, 1.807) is 7.05 Å². The number of para-hydroxylation sites is 2. The molecule has 1 heterocycles. The van der Waals surface area contributed by atoms with Gasteiger partial charge in [-0.15, -0.1) is 0 Å². The molecular formula is C12H15N3O2. The van der Waals surface area contributed by atoms with Gasteiger partial charge < -0.3 is 15.1 Å². The van der Waals surface area contributed by atoms with Crippen LogP contribution in [0.3, 0.4) is 0 Å². The van der Waals surface area contributed by atoms with Crippen LogP contribution in [0.4, 0.5) is 0 Å². The Morgan fingerprint density at radius 2 is 2.24 bits per heavy atom. The predicted octanol–water partition coefficient (Wildman–Crippen LogP) is 0.706. The Kier molecular flexibility index (Phi) is 3.72. The first-order valence-corrected chi connectivity index (χ1v) is 5.55. The van der Waals surface area contributed by atoms with Crippen molar-refractivity contribution < 1.29 is 9.21 Å². The number of hydrogen-bond acceptors (Lipinski definition) is 4. The van der Waals surface area contributed by atoms with Gasteiger partial charge in [0.2, 0.25) is 5.91 Å². The van der Waals surface area contributed by atoms with E-state index in [0.29, 0.717) is 25.4 Å². The summed E-state index contributed by atoms with van der Waals surface area (Å²) in [5.74, 6) is 0.625. The van der Waals surface area contributed by atoms with Crippen LogP contribution < -0.4 is 10.6 Å². The zero-order valence-electron chi connectivity index (χ0n) is 9.69. The van der Waals surface area contributed by atoms with Gasteiger partial charge in [-0.05, 0) is 19.2 Å². The van der Waals surface area contributed by atoms with Gasteiger partial charge in [0.15, 0.2) is 11.5 Å². The Labute approximate surface area is 99.2 Å². The molecule has 0 unspecified atom stereocenters. The van der Waals surface area contributed by atoms with Crippen LogP contribution in [-0.2, 0) is 11.2 Å². The standard InChI is InChI=1S/C12H15N3O2/c1-13-8-11(16)14-7-6-12-15-9-4-2-3-5-10(9)17-12/h2-5,13H,6-8H2,1H3,(H,14,16). The largest absolute Gasteiger partial charge is 0.441 e. The lowest BCUT2D eigenvalue weighted by Gasteiger charge is -2.01. The van der Waals surface area contributed by atoms with E-state index in [-0.39, 0.29) is 5.91 Å². The summed E-state index contributed by atoms with van der Waals surface area (Å²) in [4.78, 5) is 15.5. The second kappa shape index (κ2) is 5.45. The van der Waals surface area contributed by atoms with E-state index < -0.39 is 0 Å². The first-order chi connectivity index (χ1) is 8.29. The number of likely N-dealkylation sites (N-methyl/N-ethyl adjacent to an activating group) is 1. The average molecular weight is 233 g/mol. The lowest BCUT2D eigenvalue weighted by atomic mass is 10.3. The van der Waals surface area contributed by atoms with Crippen molar-refractivity contribution in [2.45, 2.75) is 6.42 Å². The molecule has 5 nitrogen and oxygen atoms in total. The smallest absolute Gasteiger partial charge is 0.233 e. The molecule has 90 valence electrons. The van der Waals surface area contributed by atoms with E-state index in [1.165, 1.54) is 0 Å². The molecule has 2 aromatic rings. The van der Waals surface area contributed by atoms with E-state index in [4.69, 9.17) is 4.42 Å². The van der Waals surface area contributed by atoms with Crippen LogP contribution in [0.5, 0.6) is 0 Å². The topological polar surface area (TPSA) is 67.2 Å². The minimum Gasteiger partial charge on any atom is -0.441 e. The average Bonchev–Trinajstić information content (AvgIpc) is 2.71. The Balaban J connectivity index is 1.89. The van der Waals surface area contributed by atoms with E-state index in [1.807, 2.05) is 24.3 Å². The summed E-state index contributed by atoms with van der Waals surface area (Å²) in [5.41, 5.74) is 1.63. The van der Waals surface area contributed by atoms with E-state index in [0.717, 1.165) is 11.1 Å². The lowest BCUT2D eigenvalue weighted by molar-refractivity contribution is -0.120. The summed E-state index contributed by atoms with van der Waals surface area (Å²) >= 11 is 0. The van der Waals surface area contributed by atoms with Crippen molar-refractivity contribution in [2.75, 3.05) is 20.1 Å². The van der Waals surface area contributed by atoms with Crippen molar-refractivity contribution in [1.82, 2.24) is 15.6 Å². The molecule has 1 aromatic heterocycles. The normalized spacial score (nSPS) is 10.6. The molecule has 5 heteroatoms. The molecule has 0 saturated heterocycles. The molecule has 2 N–H and O–H groups in total. The van der Waals surface area contributed by atoms with Gasteiger partial charge in [-0.1, -0.05) is 12.1 Å². The van der Waals surface area contributed by atoms with E-state index in [9.17, 15) is 4.79 Å². The highest BCUT2D eigenvalue weighted by Crippen LogP contribution is 2.14. The van der Waals surface area contributed by atoms with Crippen molar-refractivity contribution >= 4 is 17.0 Å². The minimum atomic E-state index is -0.0244. The van der Waals surface area contributed by atoms with Crippen molar-refractivity contribution in [3.05, 3.63) is 30.2 Å². The number of carbonyl (C=O) groups excluding carboxylic acids is 1. The summed E-state index contributed by atoms with van der Waals surface area (Å²) < 4.78 is 5.53. The highest BCUT2D eigenvalue weighted by Gasteiger charge is 2.05. The molecule has 0 aliphatic carbocycles. The number of oxazole rings is 1. The number of carbonyl (C=O) groups is 1. The highest BCUT2D eigenvalue weighted by molar-refractivity contribution is 5.77. The predicted molar refractivity (Wildman–Crippen MR) is 64.6 cm³/mol. The minimum absolute atomic E-state index is 0.0244. The van der Waals surface area contributed by atoms with Crippen molar-refractivity contribution in [1.29, 1.82) is 0 Å². The van der Waals surface area contributed by atoms with E-state index in [2.05, 4.69) is 15.6 Å². The van der Waals surface area contributed by atoms with Crippen molar-refractivity contribution in [3.63, 3.8) is 0 Å². The maximum atomic E-state index is 11.2. The molecule has 0 saturated carbocycles. The van der Waals surface area contributed by atoms with Crippen LogP contribution in [-0.4, -0.2) is 31.0 Å². The van der Waals surface area contributed by atoms with Crippen LogP contribution in [0, 0.1) is 0 Å². The SMILES string of the molecule is CNCC(=O)NCCc1nc2ccccc2o1. The van der Waals surface area contributed by atoms with Crippen LogP contribution in [0.15, 0.2) is 28.7 Å². The van der Waals surface area contributed by atoms with Gasteiger partial charge in [-0.2, -0.15) is 0 Å². The lowest BCUT2D eigenvalue weighted by Crippen LogP contribution is -2.33. The number of nitrogens with zero attached hydrogens (tertiary/aromatic N) is 1. The Hall–Kier alpha value is -1.88. The highest BCUT2D eigenvalue weighted by atomic mass is 16.3. The molecule has 1 amide bonds. The summed E-state index contributed by atoms with van der Waals surface area (Å²) in [6.45, 7) is 0.862. The van der Waals surface area contributed by atoms with E-state index >= 15 is 0 Å². The quantitative estimate of drug-likeness (QED) is 0.798. The molecule has 0 bridgehead atoms. The maximum absolute atomic E-state index is 11.2. The maximum Gasteiger partial charge on any atom is 0.233 e. The third-order valence-corrected chi connectivity index (χ3v) is 2.34. The fraction of sp³-hybridized carbons (Fsp3) is 0.333. The second-order valence-corrected chi connectivity index (χ2v) is 3.71. The summed E-state index contributed by atoms with van der Waals surface area (Å²) in [7, 11) is 1.74. The Morgan fingerprint density at radius 3 is 3.00 bits per heavy atom. The summed E-state index contributed by atoms with van der Waals surface area (Å²) in [6, 6.07) is 7.61. The number of aromatic nitrogens is 1. The van der Waals surface area contributed by atoms with Crippen LogP contribution in [0.2, 0.25) is 0 Å². The number of rotatable bonds is 5. The van der Waals surface area contributed by atoms with Gasteiger partial charge in [-0.3, -0.25) is 4.79 Å². The number of fused-ring (bicyclic) bond motifs is 1. The molecule has 0 atom stereocenters. The molecular weight excluding hydrogens is 218 g/mol. The molecule has 0 spiro atoms. The molecule has 1 aromatic carbocycles. The Morgan fingerprint density at radius 1 is 1.41 bits per heavy atom. The molecule has 17 heavy (non-hydrogen) atoms. The molecule has 0 aliphatic rings. The monoisotopic (exact) mass is 233 g/mol. The fourth-order valence-electron chi connectivity index (χ4n) is 1.56. The zero-order valence-corrected chi connectivity index (χ0v) is 9.69. The van der Waals surface area contributed by atoms with Crippen LogP contribution in [0.1, 0.15) is 5.89 Å². The third kappa shape index (κ3) is 3.04. The summed E-state index contributed by atoms with van der Waals surface area (Å²) in [6.07, 6.45) is 0.601. The van der Waals surface area contributed by atoms with Crippen LogP contribution >= 0.6 is 0 Å². The van der Waals surface area contributed by atoms with Crippen molar-refractivity contribution in [3.8, 4) is 0 Å². The Bertz CT molecular complexity index is 474. The third-order valence-electron chi connectivity index (χ3n) is 2.34. The summed E-state index contributed by atoms with van der Waals surface area (Å²) in [5, 5.41) is 5.56. The number of benzene rings is 1. The van der Waals surface area contributed by atoms with Gasteiger partial charge in [0, 0.05) is 13.0 Å².